The molecule has 21 heavy (non-hydrogen) atoms. The molecule has 0 bridgehead atoms. The maximum Gasteiger partial charge on any atom is 0.0868 e. The highest BCUT2D eigenvalue weighted by Gasteiger charge is 2.24. The van der Waals surface area contributed by atoms with Crippen LogP contribution in [0.3, 0.4) is 0 Å². The molecule has 4 heteroatoms. The minimum Gasteiger partial charge on any atom is -0.388 e. The van der Waals surface area contributed by atoms with Gasteiger partial charge in [-0.15, -0.1) is 0 Å². The van der Waals surface area contributed by atoms with E-state index >= 15 is 0 Å². The van der Waals surface area contributed by atoms with Gasteiger partial charge in [-0.1, -0.05) is 37.3 Å². The summed E-state index contributed by atoms with van der Waals surface area (Å²) in [5, 5.41) is 17.2. The predicted octanol–water partition coefficient (Wildman–Crippen LogP) is 2.84. The molecule has 0 radical (unpaired) electrons. The quantitative estimate of drug-likeness (QED) is 0.785. The fraction of sp³-hybridized carbons (Fsp3) is 0.588. The molecule has 1 saturated heterocycles. The Morgan fingerprint density at radius 2 is 2.19 bits per heavy atom. The molecular weight excluding hydrogens is 264 g/mol. The van der Waals surface area contributed by atoms with E-state index in [0.29, 0.717) is 6.04 Å². The Bertz CT molecular complexity index is 436. The topological polar surface area (TPSA) is 45.1 Å². The van der Waals surface area contributed by atoms with Crippen LogP contribution < -0.4 is 0 Å². The molecule has 1 fully saturated rings. The van der Waals surface area contributed by atoms with Crippen molar-refractivity contribution >= 4 is 6.21 Å². The molecular formula is C17H26N2O2. The van der Waals surface area contributed by atoms with Crippen LogP contribution in [0.5, 0.6) is 0 Å². The summed E-state index contributed by atoms with van der Waals surface area (Å²) in [6, 6.07) is 10.2. The van der Waals surface area contributed by atoms with Crippen molar-refractivity contribution in [3.8, 4) is 0 Å². The molecule has 1 aromatic carbocycles. The van der Waals surface area contributed by atoms with Crippen LogP contribution >= 0.6 is 0 Å². The molecule has 2 rings (SSSR count). The second-order valence-electron chi connectivity index (χ2n) is 5.61. The van der Waals surface area contributed by atoms with Crippen molar-refractivity contribution in [3.63, 3.8) is 0 Å². The number of ether oxygens (including phenoxy) is 1. The first-order valence-corrected chi connectivity index (χ1v) is 7.79. The largest absolute Gasteiger partial charge is 0.388 e. The van der Waals surface area contributed by atoms with E-state index in [4.69, 9.17) is 4.74 Å². The molecule has 0 aliphatic carbocycles. The number of aliphatic hydroxyl groups is 1. The highest BCUT2D eigenvalue weighted by atomic mass is 16.5. The highest BCUT2D eigenvalue weighted by Crippen LogP contribution is 2.24. The van der Waals surface area contributed by atoms with E-state index in [1.54, 1.807) is 7.11 Å². The summed E-state index contributed by atoms with van der Waals surface area (Å²) in [6.07, 6.45) is 4.56. The van der Waals surface area contributed by atoms with Gasteiger partial charge < -0.3 is 9.84 Å². The Hall–Kier alpha value is -1.39. The van der Waals surface area contributed by atoms with Crippen LogP contribution in [-0.2, 0) is 4.74 Å². The van der Waals surface area contributed by atoms with Crippen molar-refractivity contribution in [3.05, 3.63) is 35.9 Å². The molecule has 0 amide bonds. The van der Waals surface area contributed by atoms with Crippen molar-refractivity contribution in [2.24, 2.45) is 11.0 Å². The Balaban J connectivity index is 1.99. The monoisotopic (exact) mass is 290 g/mol. The van der Waals surface area contributed by atoms with Crippen molar-refractivity contribution in [2.75, 3.05) is 20.3 Å². The average Bonchev–Trinajstić information content (AvgIpc) is 2.96. The minimum absolute atomic E-state index is 0.0381. The van der Waals surface area contributed by atoms with E-state index in [-0.39, 0.29) is 5.92 Å². The molecule has 1 heterocycles. The zero-order valence-electron chi connectivity index (χ0n) is 13.0. The van der Waals surface area contributed by atoms with Gasteiger partial charge in [0.15, 0.2) is 0 Å². The predicted molar refractivity (Wildman–Crippen MR) is 85.3 cm³/mol. The standard InChI is InChI=1S/C17H26N2O2/c1-3-14(17(20)15-8-5-4-6-9-15)12-18-19-11-7-10-16(19)13-21-2/h4-6,8-9,12,14,16-17,20H,3,7,10-11,13H2,1-2H3/b18-12+/t14-,16-,17+/m0/s1. The van der Waals surface area contributed by atoms with Gasteiger partial charge in [-0.2, -0.15) is 5.10 Å². The second-order valence-corrected chi connectivity index (χ2v) is 5.61. The number of hydrazone groups is 1. The van der Waals surface area contributed by atoms with Gasteiger partial charge in [0.2, 0.25) is 0 Å². The van der Waals surface area contributed by atoms with Crippen molar-refractivity contribution in [1.82, 2.24) is 5.01 Å². The van der Waals surface area contributed by atoms with Crippen LogP contribution in [0.2, 0.25) is 0 Å². The van der Waals surface area contributed by atoms with Crippen molar-refractivity contribution < 1.29 is 9.84 Å². The lowest BCUT2D eigenvalue weighted by Crippen LogP contribution is -2.29. The summed E-state index contributed by atoms with van der Waals surface area (Å²) in [5.41, 5.74) is 0.950. The summed E-state index contributed by atoms with van der Waals surface area (Å²) in [5.74, 6) is 0.0381. The molecule has 0 saturated carbocycles. The Morgan fingerprint density at radius 3 is 2.86 bits per heavy atom. The first-order valence-electron chi connectivity index (χ1n) is 7.79. The van der Waals surface area contributed by atoms with E-state index in [9.17, 15) is 5.11 Å². The summed E-state index contributed by atoms with van der Waals surface area (Å²) in [7, 11) is 1.73. The molecule has 1 aromatic rings. The van der Waals surface area contributed by atoms with Gasteiger partial charge in [-0.05, 0) is 24.8 Å². The van der Waals surface area contributed by atoms with E-state index in [1.807, 2.05) is 36.5 Å². The molecule has 3 atom stereocenters. The normalized spacial score (nSPS) is 21.9. The van der Waals surface area contributed by atoms with E-state index in [1.165, 1.54) is 0 Å². The third-order valence-electron chi connectivity index (χ3n) is 4.13. The number of aliphatic hydroxyl groups excluding tert-OH is 1. The summed E-state index contributed by atoms with van der Waals surface area (Å²) < 4.78 is 5.24. The van der Waals surface area contributed by atoms with Crippen LogP contribution in [0.15, 0.2) is 35.4 Å². The number of methoxy groups -OCH3 is 1. The number of hydrogen-bond acceptors (Lipinski definition) is 4. The van der Waals surface area contributed by atoms with Crippen LogP contribution in [-0.4, -0.2) is 42.6 Å². The van der Waals surface area contributed by atoms with Crippen LogP contribution in [0.1, 0.15) is 37.9 Å². The van der Waals surface area contributed by atoms with Gasteiger partial charge in [-0.25, -0.2) is 0 Å². The molecule has 1 N–H and O–H groups in total. The minimum atomic E-state index is -0.497. The molecule has 0 unspecified atom stereocenters. The molecule has 1 aliphatic rings. The fourth-order valence-electron chi connectivity index (χ4n) is 2.81. The van der Waals surface area contributed by atoms with Gasteiger partial charge >= 0.3 is 0 Å². The smallest absolute Gasteiger partial charge is 0.0868 e. The van der Waals surface area contributed by atoms with Crippen molar-refractivity contribution in [1.29, 1.82) is 0 Å². The average molecular weight is 290 g/mol. The van der Waals surface area contributed by atoms with E-state index < -0.39 is 6.10 Å². The SMILES string of the molecule is CC[C@@H](/C=N/N1CCC[C@H]1COC)[C@@H](O)c1ccccc1. The number of nitrogens with zero attached hydrogens (tertiary/aromatic N) is 2. The van der Waals surface area contributed by atoms with Gasteiger partial charge in [0, 0.05) is 25.8 Å². The molecule has 0 aromatic heterocycles. The molecule has 1 aliphatic heterocycles. The van der Waals surface area contributed by atoms with Gasteiger partial charge in [0.05, 0.1) is 18.8 Å². The van der Waals surface area contributed by atoms with E-state index in [0.717, 1.165) is 38.0 Å². The number of hydrogen-bond donors (Lipinski definition) is 1. The first-order chi connectivity index (χ1) is 10.3. The summed E-state index contributed by atoms with van der Waals surface area (Å²) >= 11 is 0. The highest BCUT2D eigenvalue weighted by molar-refractivity contribution is 5.61. The van der Waals surface area contributed by atoms with Gasteiger partial charge in [-0.3, -0.25) is 5.01 Å². The molecule has 4 nitrogen and oxygen atoms in total. The second kappa shape index (κ2) is 8.15. The number of rotatable bonds is 7. The summed E-state index contributed by atoms with van der Waals surface area (Å²) in [4.78, 5) is 0. The number of benzene rings is 1. The zero-order chi connectivity index (χ0) is 15.1. The van der Waals surface area contributed by atoms with Gasteiger partial charge in [0.25, 0.3) is 0 Å². The van der Waals surface area contributed by atoms with Gasteiger partial charge in [0.1, 0.15) is 0 Å². The van der Waals surface area contributed by atoms with Crippen LogP contribution in [0, 0.1) is 5.92 Å². The Kier molecular flexibility index (Phi) is 6.21. The third-order valence-corrected chi connectivity index (χ3v) is 4.13. The lowest BCUT2D eigenvalue weighted by Gasteiger charge is -2.23. The lowest BCUT2D eigenvalue weighted by molar-refractivity contribution is 0.115. The maximum atomic E-state index is 10.5. The third kappa shape index (κ3) is 4.29. The Labute approximate surface area is 127 Å². The molecule has 0 spiro atoms. The zero-order valence-corrected chi connectivity index (χ0v) is 13.0. The van der Waals surface area contributed by atoms with Crippen LogP contribution in [0.4, 0.5) is 0 Å². The maximum absolute atomic E-state index is 10.5. The molecule has 116 valence electrons. The first kappa shape index (κ1) is 16.0. The summed E-state index contributed by atoms with van der Waals surface area (Å²) in [6.45, 7) is 3.78. The lowest BCUT2D eigenvalue weighted by atomic mass is 9.95. The fourth-order valence-corrected chi connectivity index (χ4v) is 2.81. The van der Waals surface area contributed by atoms with Crippen molar-refractivity contribution in [2.45, 2.75) is 38.3 Å². The van der Waals surface area contributed by atoms with E-state index in [2.05, 4.69) is 17.0 Å². The Morgan fingerprint density at radius 1 is 1.43 bits per heavy atom. The van der Waals surface area contributed by atoms with Crippen LogP contribution in [0.25, 0.3) is 0 Å².